The number of carboxylic acids is 1. The molecule has 15 heavy (non-hydrogen) atoms. The maximum absolute atomic E-state index is 11.9. The predicted molar refractivity (Wildman–Crippen MR) is 55.3 cm³/mol. The minimum atomic E-state index is -1.19. The van der Waals surface area contributed by atoms with Gasteiger partial charge < -0.3 is 15.7 Å². The summed E-state index contributed by atoms with van der Waals surface area (Å²) in [7, 11) is 0. The fraction of sp³-hybridized carbons (Fsp3) is 0.800. The van der Waals surface area contributed by atoms with Crippen LogP contribution in [-0.4, -0.2) is 39.5 Å². The van der Waals surface area contributed by atoms with Crippen molar-refractivity contribution in [2.24, 2.45) is 5.73 Å². The molecule has 1 aliphatic rings. The van der Waals surface area contributed by atoms with Gasteiger partial charge in [-0.3, -0.25) is 4.79 Å². The van der Waals surface area contributed by atoms with E-state index in [-0.39, 0.29) is 5.91 Å². The Kier molecular flexibility index (Phi) is 2.78. The van der Waals surface area contributed by atoms with Crippen LogP contribution in [0.4, 0.5) is 0 Å². The summed E-state index contributed by atoms with van der Waals surface area (Å²) in [5.41, 5.74) is 3.78. The monoisotopic (exact) mass is 214 g/mol. The zero-order chi connectivity index (χ0) is 11.9. The fourth-order valence-corrected chi connectivity index (χ4v) is 1.53. The van der Waals surface area contributed by atoms with Gasteiger partial charge in [-0.05, 0) is 33.6 Å². The molecular formula is C10H18N2O3. The third-order valence-electron chi connectivity index (χ3n) is 2.97. The average molecular weight is 214 g/mol. The molecule has 5 heteroatoms. The Morgan fingerprint density at radius 3 is 2.20 bits per heavy atom. The molecule has 0 unspecified atom stereocenters. The number of carbonyl (C=O) groups excluding carboxylic acids is 1. The number of amides is 1. The molecule has 0 atom stereocenters. The van der Waals surface area contributed by atoms with Crippen LogP contribution in [0.1, 0.15) is 33.6 Å². The molecule has 1 fully saturated rings. The normalized spacial score (nSPS) is 18.4. The van der Waals surface area contributed by atoms with E-state index in [0.717, 1.165) is 0 Å². The van der Waals surface area contributed by atoms with Crippen molar-refractivity contribution in [3.63, 3.8) is 0 Å². The Morgan fingerprint density at radius 2 is 1.93 bits per heavy atom. The summed E-state index contributed by atoms with van der Waals surface area (Å²) in [6, 6.07) is 0. The lowest BCUT2D eigenvalue weighted by Crippen LogP contribution is -2.58. The summed E-state index contributed by atoms with van der Waals surface area (Å²) in [5.74, 6) is -1.26. The van der Waals surface area contributed by atoms with Gasteiger partial charge in [-0.2, -0.15) is 0 Å². The first kappa shape index (κ1) is 12.0. The molecule has 5 nitrogen and oxygen atoms in total. The van der Waals surface area contributed by atoms with Crippen LogP contribution < -0.4 is 5.73 Å². The zero-order valence-electron chi connectivity index (χ0n) is 9.41. The van der Waals surface area contributed by atoms with Gasteiger partial charge in [0.2, 0.25) is 5.91 Å². The quantitative estimate of drug-likeness (QED) is 0.699. The second-order valence-electron chi connectivity index (χ2n) is 4.57. The van der Waals surface area contributed by atoms with Gasteiger partial charge in [0.25, 0.3) is 0 Å². The van der Waals surface area contributed by atoms with Gasteiger partial charge >= 0.3 is 5.97 Å². The van der Waals surface area contributed by atoms with Crippen molar-refractivity contribution >= 4 is 11.9 Å². The summed E-state index contributed by atoms with van der Waals surface area (Å²) in [4.78, 5) is 24.3. The first-order valence-electron chi connectivity index (χ1n) is 5.10. The van der Waals surface area contributed by atoms with Crippen LogP contribution in [0.15, 0.2) is 0 Å². The number of rotatable bonds is 4. The first-order valence-corrected chi connectivity index (χ1v) is 5.10. The standard InChI is InChI=1S/C10H18N2O3/c1-4-12(9(2,3)8(14)15)7(13)10(11)5-6-10/h4-6,11H2,1-3H3,(H,14,15). The van der Waals surface area contributed by atoms with Crippen molar-refractivity contribution in [1.29, 1.82) is 0 Å². The maximum Gasteiger partial charge on any atom is 0.329 e. The molecule has 1 amide bonds. The Labute approximate surface area is 89.2 Å². The highest BCUT2D eigenvalue weighted by Gasteiger charge is 2.51. The summed E-state index contributed by atoms with van der Waals surface area (Å²) < 4.78 is 0. The number of aliphatic carboxylic acids is 1. The van der Waals surface area contributed by atoms with Crippen LogP contribution in [0.25, 0.3) is 0 Å². The second-order valence-corrected chi connectivity index (χ2v) is 4.57. The fourth-order valence-electron chi connectivity index (χ4n) is 1.53. The predicted octanol–water partition coefficient (Wildman–Crippen LogP) is 0.189. The molecular weight excluding hydrogens is 196 g/mol. The van der Waals surface area contributed by atoms with E-state index in [1.54, 1.807) is 6.92 Å². The van der Waals surface area contributed by atoms with E-state index in [2.05, 4.69) is 0 Å². The van der Waals surface area contributed by atoms with Gasteiger partial charge in [0.15, 0.2) is 0 Å². The zero-order valence-corrected chi connectivity index (χ0v) is 9.41. The molecule has 1 rings (SSSR count). The minimum Gasteiger partial charge on any atom is -0.480 e. The SMILES string of the molecule is CCN(C(=O)C1(N)CC1)C(C)(C)C(=O)O. The number of nitrogens with two attached hydrogens (primary N) is 1. The van der Waals surface area contributed by atoms with Gasteiger partial charge in [0.05, 0.1) is 5.54 Å². The molecule has 0 saturated heterocycles. The number of likely N-dealkylation sites (N-methyl/N-ethyl adjacent to an activating group) is 1. The molecule has 1 aliphatic carbocycles. The van der Waals surface area contributed by atoms with Crippen molar-refractivity contribution in [2.45, 2.75) is 44.7 Å². The summed E-state index contributed by atoms with van der Waals surface area (Å²) >= 11 is 0. The van der Waals surface area contributed by atoms with Crippen molar-refractivity contribution in [2.75, 3.05) is 6.54 Å². The first-order chi connectivity index (χ1) is 6.75. The molecule has 0 radical (unpaired) electrons. The number of nitrogens with zero attached hydrogens (tertiary/aromatic N) is 1. The van der Waals surface area contributed by atoms with Crippen molar-refractivity contribution in [3.8, 4) is 0 Å². The van der Waals surface area contributed by atoms with Crippen LogP contribution in [0, 0.1) is 0 Å². The van der Waals surface area contributed by atoms with Crippen LogP contribution >= 0.6 is 0 Å². The Hall–Kier alpha value is -1.10. The third kappa shape index (κ3) is 1.97. The smallest absolute Gasteiger partial charge is 0.329 e. The van der Waals surface area contributed by atoms with Crippen LogP contribution in [0.5, 0.6) is 0 Å². The van der Waals surface area contributed by atoms with E-state index in [9.17, 15) is 9.59 Å². The number of hydrogen-bond acceptors (Lipinski definition) is 3. The Morgan fingerprint density at radius 1 is 1.47 bits per heavy atom. The second kappa shape index (κ2) is 3.48. The topological polar surface area (TPSA) is 83.6 Å². The van der Waals surface area contributed by atoms with Gasteiger partial charge in [-0.15, -0.1) is 0 Å². The Bertz CT molecular complexity index is 295. The summed E-state index contributed by atoms with van der Waals surface area (Å²) in [6.45, 7) is 5.15. The maximum atomic E-state index is 11.9. The highest BCUT2D eigenvalue weighted by molar-refractivity contribution is 5.93. The minimum absolute atomic E-state index is 0.252. The van der Waals surface area contributed by atoms with Gasteiger partial charge in [0.1, 0.15) is 5.54 Å². The molecule has 3 N–H and O–H groups in total. The molecule has 0 aromatic rings. The molecule has 0 bridgehead atoms. The number of carboxylic acid groups (broad SMARTS) is 1. The lowest BCUT2D eigenvalue weighted by molar-refractivity contribution is -0.157. The van der Waals surface area contributed by atoms with Crippen LogP contribution in [0.2, 0.25) is 0 Å². The van der Waals surface area contributed by atoms with E-state index in [0.29, 0.717) is 19.4 Å². The molecule has 86 valence electrons. The van der Waals surface area contributed by atoms with Crippen LogP contribution in [-0.2, 0) is 9.59 Å². The molecule has 0 aliphatic heterocycles. The highest BCUT2D eigenvalue weighted by Crippen LogP contribution is 2.35. The van der Waals surface area contributed by atoms with Crippen molar-refractivity contribution in [3.05, 3.63) is 0 Å². The van der Waals surface area contributed by atoms with Gasteiger partial charge in [-0.25, -0.2) is 4.79 Å². The van der Waals surface area contributed by atoms with Gasteiger partial charge in [-0.1, -0.05) is 0 Å². The summed E-state index contributed by atoms with van der Waals surface area (Å²) in [6.07, 6.45) is 1.30. The lowest BCUT2D eigenvalue weighted by Gasteiger charge is -2.36. The van der Waals surface area contributed by atoms with Gasteiger partial charge in [0, 0.05) is 6.54 Å². The van der Waals surface area contributed by atoms with Crippen molar-refractivity contribution in [1.82, 2.24) is 4.90 Å². The number of hydrogen-bond donors (Lipinski definition) is 2. The summed E-state index contributed by atoms with van der Waals surface area (Å²) in [5, 5.41) is 9.04. The molecule has 0 aromatic carbocycles. The van der Waals surface area contributed by atoms with E-state index < -0.39 is 17.0 Å². The van der Waals surface area contributed by atoms with E-state index in [4.69, 9.17) is 10.8 Å². The van der Waals surface area contributed by atoms with E-state index >= 15 is 0 Å². The third-order valence-corrected chi connectivity index (χ3v) is 2.97. The van der Waals surface area contributed by atoms with E-state index in [1.165, 1.54) is 18.7 Å². The molecule has 0 spiro atoms. The largest absolute Gasteiger partial charge is 0.480 e. The Balaban J connectivity index is 2.88. The molecule has 0 heterocycles. The van der Waals surface area contributed by atoms with Crippen molar-refractivity contribution < 1.29 is 14.7 Å². The average Bonchev–Trinajstić information content (AvgIpc) is 2.85. The van der Waals surface area contributed by atoms with E-state index in [1.807, 2.05) is 0 Å². The number of carbonyl (C=O) groups is 2. The van der Waals surface area contributed by atoms with Crippen LogP contribution in [0.3, 0.4) is 0 Å². The highest BCUT2D eigenvalue weighted by atomic mass is 16.4. The lowest BCUT2D eigenvalue weighted by atomic mass is 10.0. The molecule has 1 saturated carbocycles. The molecule has 0 aromatic heterocycles.